The first kappa shape index (κ1) is 47.7. The van der Waals surface area contributed by atoms with Gasteiger partial charge in [0.1, 0.15) is 17.3 Å². The van der Waals surface area contributed by atoms with E-state index in [-0.39, 0.29) is 21.7 Å². The highest BCUT2D eigenvalue weighted by Gasteiger charge is 2.55. The Morgan fingerprint density at radius 2 is 1.09 bits per heavy atom. The molecule has 0 fully saturated rings. The summed E-state index contributed by atoms with van der Waals surface area (Å²) in [7, 11) is 0. The number of pyridine rings is 1. The van der Waals surface area contributed by atoms with Crippen LogP contribution in [0, 0.1) is 6.33 Å². The van der Waals surface area contributed by atoms with E-state index in [1.54, 1.807) is 0 Å². The van der Waals surface area contributed by atoms with Gasteiger partial charge in [0.15, 0.2) is 0 Å². The van der Waals surface area contributed by atoms with Crippen LogP contribution in [-0.2, 0) is 27.1 Å². The summed E-state index contributed by atoms with van der Waals surface area (Å²) in [6, 6.07) is 64.7. The summed E-state index contributed by atoms with van der Waals surface area (Å²) in [4.78, 5) is 4.82. The molecule has 0 amide bonds. The molecule has 0 radical (unpaired) electrons. The summed E-state index contributed by atoms with van der Waals surface area (Å²) < 4.78 is 14.1. The third kappa shape index (κ3) is 7.11. The Labute approximate surface area is 448 Å². The van der Waals surface area contributed by atoms with Crippen molar-refractivity contribution in [3.63, 3.8) is 0 Å². The first-order chi connectivity index (χ1) is 36.2. The van der Waals surface area contributed by atoms with Gasteiger partial charge in [-0.3, -0.25) is 13.7 Å². The van der Waals surface area contributed by atoms with Crippen LogP contribution in [0.5, 0.6) is 11.5 Å². The molecule has 0 saturated carbocycles. The minimum Gasteiger partial charge on any atom is -0.458 e. The first-order valence-electron chi connectivity index (χ1n) is 27.0. The summed E-state index contributed by atoms with van der Waals surface area (Å²) >= 11 is 0. The van der Waals surface area contributed by atoms with E-state index in [2.05, 4.69) is 267 Å². The van der Waals surface area contributed by atoms with E-state index < -0.39 is 5.41 Å². The number of ether oxygens (including phenoxy) is 1. The van der Waals surface area contributed by atoms with Gasteiger partial charge >= 0.3 is 0 Å². The Morgan fingerprint density at radius 3 is 1.75 bits per heavy atom. The van der Waals surface area contributed by atoms with Crippen molar-refractivity contribution in [3.8, 4) is 50.9 Å². The number of rotatable bonds is 5. The average Bonchev–Trinajstić information content (AvgIpc) is 4.23. The Kier molecular flexibility index (Phi) is 10.3. The normalized spacial score (nSPS) is 13.9. The van der Waals surface area contributed by atoms with Gasteiger partial charge in [-0.1, -0.05) is 204 Å². The quantitative estimate of drug-likeness (QED) is 0.127. The monoisotopic (exact) mass is 991 g/mol. The molecule has 376 valence electrons. The maximum absolute atomic E-state index is 7.18. The van der Waals surface area contributed by atoms with Crippen molar-refractivity contribution in [2.24, 2.45) is 0 Å². The van der Waals surface area contributed by atoms with Crippen LogP contribution in [0.15, 0.2) is 182 Å². The second kappa shape index (κ2) is 16.5. The molecule has 0 unspecified atom stereocenters. The molecule has 8 aromatic carbocycles. The average molecular weight is 991 g/mol. The van der Waals surface area contributed by atoms with Gasteiger partial charge in [0.2, 0.25) is 0 Å². The molecule has 2 aliphatic rings. The molecular weight excluding hydrogens is 925 g/mol. The Morgan fingerprint density at radius 1 is 0.487 bits per heavy atom. The number of nitrogens with zero attached hydrogens (tertiary/aromatic N) is 4. The zero-order chi connectivity index (χ0) is 52.8. The van der Waals surface area contributed by atoms with Crippen LogP contribution in [-0.4, -0.2) is 14.1 Å². The molecule has 1 aliphatic carbocycles. The molecule has 76 heavy (non-hydrogen) atoms. The highest BCUT2D eigenvalue weighted by Crippen LogP contribution is 2.65. The van der Waals surface area contributed by atoms with Gasteiger partial charge in [-0.2, -0.15) is 0 Å². The third-order valence-electron chi connectivity index (χ3n) is 16.4. The Hall–Kier alpha value is -8.02. The molecule has 5 heteroatoms. The predicted molar refractivity (Wildman–Crippen MR) is 313 cm³/mol. The molecular formula is C71H66N4O. The molecule has 3 aromatic heterocycles. The summed E-state index contributed by atoms with van der Waals surface area (Å²) in [6.07, 6.45) is 5.90. The molecule has 1 spiro atoms. The molecule has 0 bridgehead atoms. The van der Waals surface area contributed by atoms with Crippen molar-refractivity contribution in [1.29, 1.82) is 0 Å². The SMILES string of the molecule is CC(C)(C)c1cc2c(c(C(C)(C)C)c1)C1(c3ccc(Oc4ccc5c6ccccc6n(-c6ccccn6)c5c4)cc3-n3[c-][n+](-c4ccccc4-c4ccccc4)c4cccc1c43)c1c-2cc(C(C)(C)C)cc1C(C)(C)C. The van der Waals surface area contributed by atoms with E-state index in [0.29, 0.717) is 0 Å². The molecule has 0 atom stereocenters. The van der Waals surface area contributed by atoms with Gasteiger partial charge in [-0.15, -0.1) is 0 Å². The van der Waals surface area contributed by atoms with Crippen LogP contribution in [0.1, 0.15) is 128 Å². The number of benzene rings is 8. The smallest absolute Gasteiger partial charge is 0.269 e. The van der Waals surface area contributed by atoms with Crippen molar-refractivity contribution in [1.82, 2.24) is 14.1 Å². The maximum Gasteiger partial charge on any atom is 0.269 e. The van der Waals surface area contributed by atoms with Crippen molar-refractivity contribution in [2.75, 3.05) is 0 Å². The first-order valence-corrected chi connectivity index (χ1v) is 27.0. The van der Waals surface area contributed by atoms with Gasteiger partial charge in [0.25, 0.3) is 6.33 Å². The molecule has 0 N–H and O–H groups in total. The van der Waals surface area contributed by atoms with Gasteiger partial charge in [-0.05, 0) is 137 Å². The lowest BCUT2D eigenvalue weighted by atomic mass is 9.60. The van der Waals surface area contributed by atoms with E-state index in [1.807, 2.05) is 18.3 Å². The summed E-state index contributed by atoms with van der Waals surface area (Å²) in [6.45, 7) is 28.6. The standard InChI is InChI=1S/C71H66N4O/c1-67(2,3)45-37-52-53-38-46(68(4,5)6)40-57(70(10,11)12)65(53)71(64(52)56(39-45)69(7,8)9)54-35-33-48(76-47-32-34-51-50-26-17-19-29-59(50)75(61(51)41-47)63-31-20-21-36-72-63)42-62(54)74-43-73(60-30-22-27-55(71)66(60)74)58-28-18-16-25-49(58)44-23-14-13-15-24-44/h13-42H,1-12H3. The van der Waals surface area contributed by atoms with Crippen LogP contribution in [0.4, 0.5) is 0 Å². The van der Waals surface area contributed by atoms with Gasteiger partial charge in [0, 0.05) is 23.0 Å². The van der Waals surface area contributed by atoms with E-state index in [4.69, 9.17) is 9.72 Å². The lowest BCUT2D eigenvalue weighted by molar-refractivity contribution is -0.571. The lowest BCUT2D eigenvalue weighted by Gasteiger charge is -2.44. The number of fused-ring (bicyclic) bond motifs is 12. The second-order valence-corrected chi connectivity index (χ2v) is 25.5. The minimum absolute atomic E-state index is 0.0908. The number of hydrogen-bond acceptors (Lipinski definition) is 2. The maximum atomic E-state index is 7.18. The largest absolute Gasteiger partial charge is 0.458 e. The fourth-order valence-electron chi connectivity index (χ4n) is 12.7. The summed E-state index contributed by atoms with van der Waals surface area (Å²) in [5.74, 6) is 2.36. The minimum atomic E-state index is -0.738. The fraction of sp³-hybridized carbons (Fsp3) is 0.239. The lowest BCUT2D eigenvalue weighted by Crippen LogP contribution is -2.38. The molecule has 1 aliphatic heterocycles. The number of hydrogen-bond donors (Lipinski definition) is 0. The molecule has 4 heterocycles. The number of imidazole rings is 1. The zero-order valence-corrected chi connectivity index (χ0v) is 46.0. The highest BCUT2D eigenvalue weighted by molar-refractivity contribution is 6.09. The molecule has 11 aromatic rings. The second-order valence-electron chi connectivity index (χ2n) is 25.5. The Bertz CT molecular complexity index is 4080. The van der Waals surface area contributed by atoms with Gasteiger partial charge in [-0.25, -0.2) is 4.98 Å². The van der Waals surface area contributed by atoms with Crippen LogP contribution in [0.25, 0.3) is 72.3 Å². The molecule has 13 rings (SSSR count). The predicted octanol–water partition coefficient (Wildman–Crippen LogP) is 17.5. The van der Waals surface area contributed by atoms with Crippen LogP contribution >= 0.6 is 0 Å². The zero-order valence-electron chi connectivity index (χ0n) is 46.0. The molecule has 0 saturated heterocycles. The summed E-state index contributed by atoms with van der Waals surface area (Å²) in [5.41, 5.74) is 20.7. The van der Waals surface area contributed by atoms with Gasteiger partial charge < -0.3 is 4.74 Å². The Balaban J connectivity index is 1.15. The topological polar surface area (TPSA) is 35.9 Å². The van der Waals surface area contributed by atoms with E-state index in [1.165, 1.54) is 61.0 Å². The summed E-state index contributed by atoms with van der Waals surface area (Å²) in [5, 5.41) is 2.32. The van der Waals surface area contributed by atoms with E-state index in [9.17, 15) is 0 Å². The van der Waals surface area contributed by atoms with Crippen molar-refractivity contribution >= 4 is 32.8 Å². The fourth-order valence-corrected chi connectivity index (χ4v) is 12.7. The van der Waals surface area contributed by atoms with Crippen molar-refractivity contribution in [3.05, 3.63) is 233 Å². The molecule has 5 nitrogen and oxygen atoms in total. The van der Waals surface area contributed by atoms with Gasteiger partial charge in [0.05, 0.1) is 38.9 Å². The number of aromatic nitrogens is 4. The van der Waals surface area contributed by atoms with Crippen LogP contribution < -0.4 is 9.30 Å². The van der Waals surface area contributed by atoms with Crippen molar-refractivity contribution in [2.45, 2.75) is 110 Å². The number of para-hydroxylation sites is 3. The third-order valence-corrected chi connectivity index (χ3v) is 16.4. The highest BCUT2D eigenvalue weighted by atomic mass is 16.5. The van der Waals surface area contributed by atoms with Crippen molar-refractivity contribution < 1.29 is 9.30 Å². The van der Waals surface area contributed by atoms with Crippen LogP contribution in [0.2, 0.25) is 0 Å². The van der Waals surface area contributed by atoms with E-state index >= 15 is 0 Å². The van der Waals surface area contributed by atoms with Crippen LogP contribution in [0.3, 0.4) is 0 Å². The van der Waals surface area contributed by atoms with E-state index in [0.717, 1.165) is 67.3 Å².